The molecule has 0 aliphatic rings. The Morgan fingerprint density at radius 1 is 1.43 bits per heavy atom. The number of nitrogens with zero attached hydrogens (tertiary/aromatic N) is 1. The van der Waals surface area contributed by atoms with Crippen LogP contribution in [-0.4, -0.2) is 35.9 Å². The third-order valence-electron chi connectivity index (χ3n) is 3.05. The molecule has 1 aromatic carbocycles. The molecular formula is C16H25N3OS. The zero-order valence-corrected chi connectivity index (χ0v) is 13.9. The number of nitrogens with two attached hydrogens (primary N) is 1. The molecular weight excluding hydrogens is 282 g/mol. The summed E-state index contributed by atoms with van der Waals surface area (Å²) < 4.78 is 0. The van der Waals surface area contributed by atoms with E-state index in [-0.39, 0.29) is 5.91 Å². The van der Waals surface area contributed by atoms with E-state index in [0.29, 0.717) is 17.3 Å². The molecule has 0 aliphatic carbocycles. The highest BCUT2D eigenvalue weighted by Crippen LogP contribution is 2.11. The average molecular weight is 307 g/mol. The Morgan fingerprint density at radius 3 is 2.76 bits per heavy atom. The van der Waals surface area contributed by atoms with E-state index in [2.05, 4.69) is 31.1 Å². The SMILES string of the molecule is CC(C)CN(C)CCCC(=O)Nc1cccc(C(N)=S)c1. The van der Waals surface area contributed by atoms with Gasteiger partial charge >= 0.3 is 0 Å². The molecule has 1 rings (SSSR count). The molecule has 5 heteroatoms. The lowest BCUT2D eigenvalue weighted by atomic mass is 10.2. The fourth-order valence-corrected chi connectivity index (χ4v) is 2.32. The number of benzene rings is 1. The van der Waals surface area contributed by atoms with Gasteiger partial charge in [-0.05, 0) is 38.1 Å². The largest absolute Gasteiger partial charge is 0.389 e. The van der Waals surface area contributed by atoms with Crippen LogP contribution in [0.15, 0.2) is 24.3 Å². The first kappa shape index (κ1) is 17.6. The van der Waals surface area contributed by atoms with Gasteiger partial charge in [0.05, 0.1) is 0 Å². The molecule has 0 saturated heterocycles. The van der Waals surface area contributed by atoms with Crippen LogP contribution in [0.1, 0.15) is 32.3 Å². The van der Waals surface area contributed by atoms with Gasteiger partial charge in [0.1, 0.15) is 4.99 Å². The normalized spacial score (nSPS) is 10.9. The van der Waals surface area contributed by atoms with Crippen LogP contribution in [0.3, 0.4) is 0 Å². The molecule has 0 atom stereocenters. The van der Waals surface area contributed by atoms with E-state index in [0.717, 1.165) is 30.8 Å². The summed E-state index contributed by atoms with van der Waals surface area (Å²) in [6.45, 7) is 6.37. The minimum atomic E-state index is 0.0213. The Bertz CT molecular complexity index is 488. The van der Waals surface area contributed by atoms with Gasteiger partial charge < -0.3 is 16.0 Å². The van der Waals surface area contributed by atoms with Crippen molar-refractivity contribution in [3.63, 3.8) is 0 Å². The van der Waals surface area contributed by atoms with Gasteiger partial charge in [0.2, 0.25) is 5.91 Å². The number of carbonyl (C=O) groups is 1. The number of hydrogen-bond acceptors (Lipinski definition) is 3. The van der Waals surface area contributed by atoms with Crippen molar-refractivity contribution in [1.29, 1.82) is 0 Å². The lowest BCUT2D eigenvalue weighted by molar-refractivity contribution is -0.116. The highest BCUT2D eigenvalue weighted by molar-refractivity contribution is 7.80. The minimum absolute atomic E-state index is 0.0213. The second-order valence-corrected chi connectivity index (χ2v) is 6.19. The molecule has 0 aliphatic heterocycles. The first-order valence-corrected chi connectivity index (χ1v) is 7.67. The predicted molar refractivity (Wildman–Crippen MR) is 92.5 cm³/mol. The standard InChI is InChI=1S/C16H25N3OS/c1-12(2)11-19(3)9-5-8-15(20)18-14-7-4-6-13(10-14)16(17)21/h4,6-7,10,12H,5,8-9,11H2,1-3H3,(H2,17,21)(H,18,20). The summed E-state index contributed by atoms with van der Waals surface area (Å²) in [5.74, 6) is 0.666. The van der Waals surface area contributed by atoms with E-state index in [9.17, 15) is 4.79 Å². The zero-order chi connectivity index (χ0) is 15.8. The molecule has 4 nitrogen and oxygen atoms in total. The third-order valence-corrected chi connectivity index (χ3v) is 3.29. The molecule has 0 aromatic heterocycles. The van der Waals surface area contributed by atoms with Crippen LogP contribution < -0.4 is 11.1 Å². The predicted octanol–water partition coefficient (Wildman–Crippen LogP) is 2.63. The van der Waals surface area contributed by atoms with Gasteiger partial charge in [-0.1, -0.05) is 38.2 Å². The van der Waals surface area contributed by atoms with Crippen molar-refractivity contribution < 1.29 is 4.79 Å². The minimum Gasteiger partial charge on any atom is -0.389 e. The molecule has 0 heterocycles. The number of carbonyl (C=O) groups excluding carboxylic acids is 1. The summed E-state index contributed by atoms with van der Waals surface area (Å²) in [6.07, 6.45) is 1.36. The highest BCUT2D eigenvalue weighted by Gasteiger charge is 2.06. The van der Waals surface area contributed by atoms with E-state index in [4.69, 9.17) is 18.0 Å². The Labute approximate surface area is 132 Å². The second-order valence-electron chi connectivity index (χ2n) is 5.75. The van der Waals surface area contributed by atoms with Crippen LogP contribution >= 0.6 is 12.2 Å². The number of hydrogen-bond donors (Lipinski definition) is 2. The quantitative estimate of drug-likeness (QED) is 0.725. The maximum absolute atomic E-state index is 11.9. The number of amides is 1. The number of rotatable bonds is 8. The Morgan fingerprint density at radius 2 is 2.14 bits per heavy atom. The van der Waals surface area contributed by atoms with E-state index >= 15 is 0 Å². The number of thiocarbonyl (C=S) groups is 1. The summed E-state index contributed by atoms with van der Waals surface area (Å²) in [7, 11) is 2.09. The van der Waals surface area contributed by atoms with E-state index in [1.54, 1.807) is 6.07 Å². The fraction of sp³-hybridized carbons (Fsp3) is 0.500. The number of anilines is 1. The van der Waals surface area contributed by atoms with Gasteiger partial charge in [0.15, 0.2) is 0 Å². The topological polar surface area (TPSA) is 58.4 Å². The zero-order valence-electron chi connectivity index (χ0n) is 13.1. The van der Waals surface area contributed by atoms with Crippen molar-refractivity contribution in [1.82, 2.24) is 4.90 Å². The molecule has 1 aromatic rings. The van der Waals surface area contributed by atoms with Crippen LogP contribution in [-0.2, 0) is 4.79 Å². The van der Waals surface area contributed by atoms with Crippen LogP contribution in [0.5, 0.6) is 0 Å². The lowest BCUT2D eigenvalue weighted by Gasteiger charge is -2.18. The van der Waals surface area contributed by atoms with Gasteiger partial charge in [0, 0.05) is 24.2 Å². The van der Waals surface area contributed by atoms with E-state index in [1.165, 1.54) is 0 Å². The van der Waals surface area contributed by atoms with Crippen molar-refractivity contribution in [3.8, 4) is 0 Å². The monoisotopic (exact) mass is 307 g/mol. The molecule has 0 unspecified atom stereocenters. The fourth-order valence-electron chi connectivity index (χ4n) is 2.20. The summed E-state index contributed by atoms with van der Waals surface area (Å²) >= 11 is 4.93. The van der Waals surface area contributed by atoms with Crippen molar-refractivity contribution in [2.24, 2.45) is 11.7 Å². The molecule has 3 N–H and O–H groups in total. The molecule has 0 radical (unpaired) electrons. The molecule has 0 fully saturated rings. The molecule has 1 amide bonds. The van der Waals surface area contributed by atoms with Gasteiger partial charge in [-0.3, -0.25) is 4.79 Å². The second kappa shape index (κ2) is 8.74. The van der Waals surface area contributed by atoms with Crippen molar-refractivity contribution in [2.75, 3.05) is 25.5 Å². The third kappa shape index (κ3) is 7.20. The average Bonchev–Trinajstić information content (AvgIpc) is 2.37. The summed E-state index contributed by atoms with van der Waals surface area (Å²) in [5, 5.41) is 2.88. The van der Waals surface area contributed by atoms with Crippen LogP contribution in [0, 0.1) is 5.92 Å². The van der Waals surface area contributed by atoms with Crippen molar-refractivity contribution >= 4 is 28.8 Å². The Balaban J connectivity index is 2.37. The summed E-state index contributed by atoms with van der Waals surface area (Å²) in [5.41, 5.74) is 7.08. The van der Waals surface area contributed by atoms with Crippen molar-refractivity contribution in [2.45, 2.75) is 26.7 Å². The molecule has 0 saturated carbocycles. The van der Waals surface area contributed by atoms with E-state index in [1.807, 2.05) is 18.2 Å². The molecule has 116 valence electrons. The van der Waals surface area contributed by atoms with Gasteiger partial charge in [-0.2, -0.15) is 0 Å². The molecule has 0 spiro atoms. The Hall–Kier alpha value is -1.46. The first-order chi connectivity index (χ1) is 9.88. The first-order valence-electron chi connectivity index (χ1n) is 7.26. The lowest BCUT2D eigenvalue weighted by Crippen LogP contribution is -2.25. The van der Waals surface area contributed by atoms with Crippen molar-refractivity contribution in [3.05, 3.63) is 29.8 Å². The van der Waals surface area contributed by atoms with E-state index < -0.39 is 0 Å². The van der Waals surface area contributed by atoms with Crippen LogP contribution in [0.2, 0.25) is 0 Å². The van der Waals surface area contributed by atoms with Crippen LogP contribution in [0.25, 0.3) is 0 Å². The molecule has 21 heavy (non-hydrogen) atoms. The summed E-state index contributed by atoms with van der Waals surface area (Å²) in [4.78, 5) is 14.5. The smallest absolute Gasteiger partial charge is 0.224 e. The van der Waals surface area contributed by atoms with Gasteiger partial charge in [-0.25, -0.2) is 0 Å². The Kier molecular flexibility index (Phi) is 7.32. The van der Waals surface area contributed by atoms with Crippen LogP contribution in [0.4, 0.5) is 5.69 Å². The van der Waals surface area contributed by atoms with Gasteiger partial charge in [-0.15, -0.1) is 0 Å². The maximum Gasteiger partial charge on any atom is 0.224 e. The van der Waals surface area contributed by atoms with Gasteiger partial charge in [0.25, 0.3) is 0 Å². The number of nitrogens with one attached hydrogen (secondary N) is 1. The summed E-state index contributed by atoms with van der Waals surface area (Å²) in [6, 6.07) is 7.30. The highest BCUT2D eigenvalue weighted by atomic mass is 32.1. The molecule has 0 bridgehead atoms. The maximum atomic E-state index is 11.9.